The average Bonchev–Trinajstić information content (AvgIpc) is 2.15. The summed E-state index contributed by atoms with van der Waals surface area (Å²) in [7, 11) is -0.326. The van der Waals surface area contributed by atoms with Crippen LogP contribution in [0.2, 0.25) is 6.82 Å². The first kappa shape index (κ1) is 11.0. The third kappa shape index (κ3) is 3.64. The summed E-state index contributed by atoms with van der Waals surface area (Å²) in [6, 6.07) is 0. The van der Waals surface area contributed by atoms with Gasteiger partial charge in [0.25, 0.3) is 0 Å². The lowest BCUT2D eigenvalue weighted by Gasteiger charge is -2.34. The minimum Gasteiger partial charge on any atom is -0.437 e. The number of hydrogen-bond acceptors (Lipinski definition) is 4. The van der Waals surface area contributed by atoms with Crippen LogP contribution in [0.15, 0.2) is 0 Å². The summed E-state index contributed by atoms with van der Waals surface area (Å²) < 4.78 is 0. The SMILES string of the molecule is CCCON1CCN(B(C)O)CC1. The number of hydroxylamine groups is 2. The van der Waals surface area contributed by atoms with E-state index < -0.39 is 0 Å². The number of nitrogens with zero attached hydrogens (tertiary/aromatic N) is 2. The zero-order valence-corrected chi connectivity index (χ0v) is 8.57. The smallest absolute Gasteiger partial charge is 0.376 e. The molecule has 1 rings (SSSR count). The van der Waals surface area contributed by atoms with Crippen molar-refractivity contribution >= 4 is 7.05 Å². The molecule has 76 valence electrons. The largest absolute Gasteiger partial charge is 0.437 e. The zero-order chi connectivity index (χ0) is 9.68. The number of piperazine rings is 1. The molecular weight excluding hydrogens is 167 g/mol. The van der Waals surface area contributed by atoms with Crippen LogP contribution < -0.4 is 0 Å². The van der Waals surface area contributed by atoms with E-state index in [4.69, 9.17) is 4.84 Å². The van der Waals surface area contributed by atoms with E-state index in [0.29, 0.717) is 0 Å². The molecule has 1 saturated heterocycles. The maximum Gasteiger partial charge on any atom is 0.376 e. The van der Waals surface area contributed by atoms with Crippen LogP contribution in [0.4, 0.5) is 0 Å². The Morgan fingerprint density at radius 3 is 2.38 bits per heavy atom. The Hall–Kier alpha value is -0.0951. The van der Waals surface area contributed by atoms with Crippen molar-refractivity contribution < 1.29 is 9.86 Å². The molecule has 0 aromatic heterocycles. The second kappa shape index (κ2) is 5.60. The molecule has 0 aromatic rings. The summed E-state index contributed by atoms with van der Waals surface area (Å²) in [6.07, 6.45) is 1.05. The topological polar surface area (TPSA) is 35.9 Å². The van der Waals surface area contributed by atoms with Crippen molar-refractivity contribution in [1.82, 2.24) is 9.87 Å². The summed E-state index contributed by atoms with van der Waals surface area (Å²) in [5, 5.41) is 11.3. The standard InChI is InChI=1S/C8H19BN2O2/c1-3-8-13-11-6-4-10(5-7-11)9(2)12/h12H,3-8H2,1-2H3. The predicted octanol–water partition coefficient (Wildman–Crippen LogP) is 0.0559. The Morgan fingerprint density at radius 1 is 1.31 bits per heavy atom. The van der Waals surface area contributed by atoms with Crippen molar-refractivity contribution in [3.63, 3.8) is 0 Å². The van der Waals surface area contributed by atoms with Gasteiger partial charge in [0.05, 0.1) is 6.61 Å². The van der Waals surface area contributed by atoms with Gasteiger partial charge in [-0.2, -0.15) is 5.06 Å². The van der Waals surface area contributed by atoms with Crippen LogP contribution >= 0.6 is 0 Å². The van der Waals surface area contributed by atoms with Gasteiger partial charge in [0.1, 0.15) is 0 Å². The highest BCUT2D eigenvalue weighted by molar-refractivity contribution is 6.45. The second-order valence-electron chi connectivity index (χ2n) is 3.43. The van der Waals surface area contributed by atoms with Gasteiger partial charge in [-0.1, -0.05) is 6.92 Å². The van der Waals surface area contributed by atoms with Gasteiger partial charge in [-0.3, -0.25) is 4.84 Å². The van der Waals surface area contributed by atoms with E-state index in [1.807, 2.05) is 16.7 Å². The van der Waals surface area contributed by atoms with Gasteiger partial charge in [0, 0.05) is 26.2 Å². The molecule has 1 fully saturated rings. The van der Waals surface area contributed by atoms with Gasteiger partial charge in [0.15, 0.2) is 0 Å². The highest BCUT2D eigenvalue weighted by Gasteiger charge is 2.22. The summed E-state index contributed by atoms with van der Waals surface area (Å²) in [5.74, 6) is 0. The van der Waals surface area contributed by atoms with E-state index in [9.17, 15) is 5.02 Å². The highest BCUT2D eigenvalue weighted by Crippen LogP contribution is 2.03. The Labute approximate surface area is 80.5 Å². The Morgan fingerprint density at radius 2 is 1.92 bits per heavy atom. The first-order valence-corrected chi connectivity index (χ1v) is 5.04. The van der Waals surface area contributed by atoms with Crippen molar-refractivity contribution in [2.24, 2.45) is 0 Å². The summed E-state index contributed by atoms with van der Waals surface area (Å²) in [6.45, 7) is 8.28. The van der Waals surface area contributed by atoms with Crippen LogP contribution in [0, 0.1) is 0 Å². The van der Waals surface area contributed by atoms with Gasteiger partial charge in [-0.15, -0.1) is 0 Å². The molecule has 0 radical (unpaired) electrons. The van der Waals surface area contributed by atoms with Crippen molar-refractivity contribution in [1.29, 1.82) is 0 Å². The Balaban J connectivity index is 2.15. The first-order chi connectivity index (χ1) is 6.24. The van der Waals surface area contributed by atoms with Gasteiger partial charge < -0.3 is 9.83 Å². The fourth-order valence-electron chi connectivity index (χ4n) is 1.43. The maximum atomic E-state index is 9.31. The van der Waals surface area contributed by atoms with E-state index in [0.717, 1.165) is 39.2 Å². The fraction of sp³-hybridized carbons (Fsp3) is 1.00. The van der Waals surface area contributed by atoms with Gasteiger partial charge in [-0.05, 0) is 13.2 Å². The van der Waals surface area contributed by atoms with Gasteiger partial charge in [-0.25, -0.2) is 0 Å². The summed E-state index contributed by atoms with van der Waals surface area (Å²) in [4.78, 5) is 7.53. The second-order valence-corrected chi connectivity index (χ2v) is 3.43. The summed E-state index contributed by atoms with van der Waals surface area (Å²) >= 11 is 0. The van der Waals surface area contributed by atoms with Crippen LogP contribution in [0.3, 0.4) is 0 Å². The lowest BCUT2D eigenvalue weighted by atomic mass is 9.84. The molecule has 0 unspecified atom stereocenters. The first-order valence-electron chi connectivity index (χ1n) is 5.04. The monoisotopic (exact) mass is 186 g/mol. The molecule has 13 heavy (non-hydrogen) atoms. The van der Waals surface area contributed by atoms with Crippen molar-refractivity contribution in [2.45, 2.75) is 20.2 Å². The molecule has 0 spiro atoms. The average molecular weight is 186 g/mol. The van der Waals surface area contributed by atoms with Crippen LogP contribution in [0.25, 0.3) is 0 Å². The minimum atomic E-state index is -0.326. The lowest BCUT2D eigenvalue weighted by Crippen LogP contribution is -2.51. The quantitative estimate of drug-likeness (QED) is 0.629. The zero-order valence-electron chi connectivity index (χ0n) is 8.57. The number of hydrogen-bond donors (Lipinski definition) is 1. The van der Waals surface area contributed by atoms with Crippen LogP contribution in [0.5, 0.6) is 0 Å². The molecule has 0 bridgehead atoms. The minimum absolute atomic E-state index is 0.326. The van der Waals surface area contributed by atoms with E-state index in [1.54, 1.807) is 0 Å². The lowest BCUT2D eigenvalue weighted by molar-refractivity contribution is -0.171. The fourth-order valence-corrected chi connectivity index (χ4v) is 1.43. The van der Waals surface area contributed by atoms with Crippen molar-refractivity contribution in [2.75, 3.05) is 32.8 Å². The molecule has 0 amide bonds. The van der Waals surface area contributed by atoms with E-state index in [-0.39, 0.29) is 7.05 Å². The van der Waals surface area contributed by atoms with E-state index in [1.165, 1.54) is 0 Å². The molecule has 0 aromatic carbocycles. The van der Waals surface area contributed by atoms with Gasteiger partial charge >= 0.3 is 7.05 Å². The molecule has 1 N–H and O–H groups in total. The molecule has 4 nitrogen and oxygen atoms in total. The van der Waals surface area contributed by atoms with Gasteiger partial charge in [0.2, 0.25) is 0 Å². The molecule has 0 saturated carbocycles. The molecule has 0 aliphatic carbocycles. The summed E-state index contributed by atoms with van der Waals surface area (Å²) in [5.41, 5.74) is 0. The van der Waals surface area contributed by atoms with Crippen molar-refractivity contribution in [3.05, 3.63) is 0 Å². The molecule has 5 heteroatoms. The van der Waals surface area contributed by atoms with Crippen molar-refractivity contribution in [3.8, 4) is 0 Å². The van der Waals surface area contributed by atoms with E-state index >= 15 is 0 Å². The third-order valence-corrected chi connectivity index (χ3v) is 2.28. The Bertz CT molecular complexity index is 138. The molecular formula is C8H19BN2O2. The maximum absolute atomic E-state index is 9.31. The molecule has 1 heterocycles. The van der Waals surface area contributed by atoms with Crippen LogP contribution in [-0.4, -0.2) is 54.7 Å². The Kier molecular flexibility index (Phi) is 4.73. The normalized spacial score (nSPS) is 20.5. The predicted molar refractivity (Wildman–Crippen MR) is 53.2 cm³/mol. The number of rotatable bonds is 4. The van der Waals surface area contributed by atoms with Crippen LogP contribution in [0.1, 0.15) is 13.3 Å². The van der Waals surface area contributed by atoms with Crippen LogP contribution in [-0.2, 0) is 4.84 Å². The third-order valence-electron chi connectivity index (χ3n) is 2.28. The molecule has 0 atom stereocenters. The van der Waals surface area contributed by atoms with E-state index in [2.05, 4.69) is 6.92 Å². The molecule has 1 aliphatic heterocycles. The molecule has 1 aliphatic rings. The highest BCUT2D eigenvalue weighted by atomic mass is 16.7.